The second kappa shape index (κ2) is 9.42. The summed E-state index contributed by atoms with van der Waals surface area (Å²) in [6, 6.07) is 6.61. The number of nitrogens with one attached hydrogen (secondary N) is 2. The Labute approximate surface area is 144 Å². The molecule has 0 aliphatic rings. The molecule has 0 radical (unpaired) electrons. The van der Waals surface area contributed by atoms with E-state index in [2.05, 4.69) is 10.6 Å². The molecule has 0 saturated carbocycles. The van der Waals surface area contributed by atoms with Crippen LogP contribution in [0.2, 0.25) is 0 Å². The highest BCUT2D eigenvalue weighted by molar-refractivity contribution is 5.97. The smallest absolute Gasteiger partial charge is 0.251 e. The Morgan fingerprint density at radius 1 is 1.21 bits per heavy atom. The van der Waals surface area contributed by atoms with Crippen molar-refractivity contribution in [1.29, 1.82) is 0 Å². The van der Waals surface area contributed by atoms with Gasteiger partial charge < -0.3 is 15.7 Å². The maximum absolute atomic E-state index is 12.4. The zero-order valence-electron chi connectivity index (χ0n) is 15.3. The molecule has 5 heteroatoms. The highest BCUT2D eigenvalue weighted by Gasteiger charge is 2.25. The maximum Gasteiger partial charge on any atom is 0.251 e. The van der Waals surface area contributed by atoms with Gasteiger partial charge in [-0.2, -0.15) is 0 Å². The number of carbonyl (C=O) groups is 2. The van der Waals surface area contributed by atoms with Crippen LogP contribution in [0.5, 0.6) is 0 Å². The van der Waals surface area contributed by atoms with Crippen molar-refractivity contribution >= 4 is 11.8 Å². The standard InChI is InChI=1S/C19H30N2O3/c1-6-14(5)16(22)11-20-19(24)17(12(2)3)21-18(23)15-9-7-8-13(4)10-15/h7-10,12,14,16-17,22H,6,11H2,1-5H3,(H,20,24)(H,21,23). The van der Waals surface area contributed by atoms with Gasteiger partial charge in [-0.1, -0.05) is 51.8 Å². The zero-order valence-corrected chi connectivity index (χ0v) is 15.3. The fraction of sp³-hybridized carbons (Fsp3) is 0.579. The molecule has 2 amide bonds. The summed E-state index contributed by atoms with van der Waals surface area (Å²) in [5.41, 5.74) is 1.53. The van der Waals surface area contributed by atoms with Gasteiger partial charge in [0, 0.05) is 12.1 Å². The van der Waals surface area contributed by atoms with Gasteiger partial charge in [0.05, 0.1) is 6.10 Å². The second-order valence-electron chi connectivity index (χ2n) is 6.76. The largest absolute Gasteiger partial charge is 0.391 e. The summed E-state index contributed by atoms with van der Waals surface area (Å²) in [6.45, 7) is 9.81. The normalized spacial score (nSPS) is 14.8. The van der Waals surface area contributed by atoms with Gasteiger partial charge in [0.2, 0.25) is 5.91 Å². The molecule has 5 nitrogen and oxygen atoms in total. The summed E-state index contributed by atoms with van der Waals surface area (Å²) in [6.07, 6.45) is 0.258. The van der Waals surface area contributed by atoms with Crippen LogP contribution < -0.4 is 10.6 Å². The lowest BCUT2D eigenvalue weighted by Crippen LogP contribution is -2.51. The van der Waals surface area contributed by atoms with Gasteiger partial charge in [-0.25, -0.2) is 0 Å². The molecule has 0 heterocycles. The Balaban J connectivity index is 2.69. The number of carbonyl (C=O) groups excluding carboxylic acids is 2. The molecule has 134 valence electrons. The van der Waals surface area contributed by atoms with E-state index in [4.69, 9.17) is 0 Å². The molecule has 0 aliphatic heterocycles. The van der Waals surface area contributed by atoms with Crippen LogP contribution in [0, 0.1) is 18.8 Å². The third-order valence-electron chi connectivity index (χ3n) is 4.30. The van der Waals surface area contributed by atoms with E-state index in [9.17, 15) is 14.7 Å². The van der Waals surface area contributed by atoms with Crippen LogP contribution >= 0.6 is 0 Å². The van der Waals surface area contributed by atoms with Crippen LogP contribution in [0.15, 0.2) is 24.3 Å². The Morgan fingerprint density at radius 3 is 2.42 bits per heavy atom. The SMILES string of the molecule is CCC(C)C(O)CNC(=O)C(NC(=O)c1cccc(C)c1)C(C)C. The van der Waals surface area contributed by atoms with Crippen molar-refractivity contribution in [1.82, 2.24) is 10.6 Å². The summed E-state index contributed by atoms with van der Waals surface area (Å²) in [5.74, 6) is -0.479. The molecule has 0 spiro atoms. The molecule has 3 N–H and O–H groups in total. The molecule has 3 atom stereocenters. The van der Waals surface area contributed by atoms with E-state index >= 15 is 0 Å². The number of hydrogen-bond acceptors (Lipinski definition) is 3. The lowest BCUT2D eigenvalue weighted by Gasteiger charge is -2.24. The monoisotopic (exact) mass is 334 g/mol. The number of hydrogen-bond donors (Lipinski definition) is 3. The van der Waals surface area contributed by atoms with E-state index in [1.807, 2.05) is 46.8 Å². The molecule has 1 aromatic carbocycles. The first-order chi connectivity index (χ1) is 11.3. The first-order valence-corrected chi connectivity index (χ1v) is 8.59. The third-order valence-corrected chi connectivity index (χ3v) is 4.30. The van der Waals surface area contributed by atoms with Crippen molar-refractivity contribution in [2.75, 3.05) is 6.54 Å². The highest BCUT2D eigenvalue weighted by atomic mass is 16.3. The molecule has 0 fully saturated rings. The Morgan fingerprint density at radius 2 is 1.88 bits per heavy atom. The van der Waals surface area contributed by atoms with Crippen LogP contribution in [0.25, 0.3) is 0 Å². The molecule has 24 heavy (non-hydrogen) atoms. The van der Waals surface area contributed by atoms with Crippen molar-refractivity contribution in [3.63, 3.8) is 0 Å². The minimum absolute atomic E-state index is 0.0560. The molecule has 3 unspecified atom stereocenters. The average Bonchev–Trinajstić information content (AvgIpc) is 2.55. The predicted octanol–water partition coefficient (Wildman–Crippen LogP) is 2.27. The lowest BCUT2D eigenvalue weighted by atomic mass is 10.0. The summed E-state index contributed by atoms with van der Waals surface area (Å²) in [5, 5.41) is 15.5. The van der Waals surface area contributed by atoms with Gasteiger partial charge in [0.15, 0.2) is 0 Å². The van der Waals surface area contributed by atoms with E-state index in [0.29, 0.717) is 5.56 Å². The van der Waals surface area contributed by atoms with Gasteiger partial charge in [0.25, 0.3) is 5.91 Å². The minimum atomic E-state index is -0.637. The van der Waals surface area contributed by atoms with Crippen molar-refractivity contribution < 1.29 is 14.7 Å². The molecular weight excluding hydrogens is 304 g/mol. The summed E-state index contributed by atoms with van der Waals surface area (Å²) in [4.78, 5) is 24.8. The van der Waals surface area contributed by atoms with Crippen molar-refractivity contribution in [2.24, 2.45) is 11.8 Å². The topological polar surface area (TPSA) is 78.4 Å². The zero-order chi connectivity index (χ0) is 18.3. The van der Waals surface area contributed by atoms with E-state index in [-0.39, 0.29) is 30.2 Å². The molecule has 0 aromatic heterocycles. The van der Waals surface area contributed by atoms with Gasteiger partial charge in [-0.05, 0) is 30.9 Å². The fourth-order valence-corrected chi connectivity index (χ4v) is 2.33. The van der Waals surface area contributed by atoms with Gasteiger partial charge in [-0.15, -0.1) is 0 Å². The van der Waals surface area contributed by atoms with E-state index in [1.165, 1.54) is 0 Å². The van der Waals surface area contributed by atoms with Gasteiger partial charge in [0.1, 0.15) is 6.04 Å². The maximum atomic E-state index is 12.4. The summed E-state index contributed by atoms with van der Waals surface area (Å²) < 4.78 is 0. The van der Waals surface area contributed by atoms with Crippen LogP contribution in [-0.4, -0.2) is 35.6 Å². The molecule has 1 aromatic rings. The van der Waals surface area contributed by atoms with Gasteiger partial charge in [-0.3, -0.25) is 9.59 Å². The molecule has 1 rings (SSSR count). The first kappa shape index (κ1) is 20.2. The third kappa shape index (κ3) is 5.96. The van der Waals surface area contributed by atoms with Crippen LogP contribution in [-0.2, 0) is 4.79 Å². The molecule has 0 bridgehead atoms. The van der Waals surface area contributed by atoms with Crippen molar-refractivity contribution in [3.05, 3.63) is 35.4 Å². The van der Waals surface area contributed by atoms with Crippen LogP contribution in [0.1, 0.15) is 50.0 Å². The number of aliphatic hydroxyl groups excluding tert-OH is 1. The first-order valence-electron chi connectivity index (χ1n) is 8.59. The average molecular weight is 334 g/mol. The summed E-state index contributed by atoms with van der Waals surface area (Å²) >= 11 is 0. The number of benzene rings is 1. The Bertz CT molecular complexity index is 557. The quantitative estimate of drug-likeness (QED) is 0.682. The van der Waals surface area contributed by atoms with Crippen molar-refractivity contribution in [3.8, 4) is 0 Å². The van der Waals surface area contributed by atoms with Crippen LogP contribution in [0.4, 0.5) is 0 Å². The predicted molar refractivity (Wildman–Crippen MR) is 95.7 cm³/mol. The summed E-state index contributed by atoms with van der Waals surface area (Å²) in [7, 11) is 0. The van der Waals surface area contributed by atoms with E-state index in [1.54, 1.807) is 12.1 Å². The van der Waals surface area contributed by atoms with Gasteiger partial charge >= 0.3 is 0 Å². The number of aryl methyl sites for hydroxylation is 1. The van der Waals surface area contributed by atoms with Crippen LogP contribution in [0.3, 0.4) is 0 Å². The number of amides is 2. The minimum Gasteiger partial charge on any atom is -0.391 e. The fourth-order valence-electron chi connectivity index (χ4n) is 2.33. The highest BCUT2D eigenvalue weighted by Crippen LogP contribution is 2.09. The second-order valence-corrected chi connectivity index (χ2v) is 6.76. The van der Waals surface area contributed by atoms with E-state index in [0.717, 1.165) is 12.0 Å². The number of aliphatic hydroxyl groups is 1. The van der Waals surface area contributed by atoms with E-state index < -0.39 is 12.1 Å². The van der Waals surface area contributed by atoms with Crippen molar-refractivity contribution in [2.45, 2.75) is 53.2 Å². The lowest BCUT2D eigenvalue weighted by molar-refractivity contribution is -0.124. The Kier molecular flexibility index (Phi) is 7.92. The molecule has 0 aliphatic carbocycles. The number of rotatable bonds is 8. The Hall–Kier alpha value is -1.88. The molecule has 0 saturated heterocycles. The molecular formula is C19H30N2O3.